The smallest absolute Gasteiger partial charge is 0.166 e. The van der Waals surface area contributed by atoms with Gasteiger partial charge in [-0.05, 0) is 12.1 Å². The van der Waals surface area contributed by atoms with Crippen molar-refractivity contribution in [1.82, 2.24) is 13.7 Å². The quantitative estimate of drug-likeness (QED) is 0.710. The largest absolute Gasteiger partial charge is 0.252 e. The van der Waals surface area contributed by atoms with Crippen molar-refractivity contribution in [2.75, 3.05) is 0 Å². The van der Waals surface area contributed by atoms with E-state index in [-0.39, 0.29) is 0 Å². The molecule has 0 aliphatic carbocycles. The summed E-state index contributed by atoms with van der Waals surface area (Å²) < 4.78 is 8.09. The zero-order valence-corrected chi connectivity index (χ0v) is 10.4. The third-order valence-corrected chi connectivity index (χ3v) is 3.48. The topological polar surface area (TPSA) is 38.7 Å². The van der Waals surface area contributed by atoms with Gasteiger partial charge in [-0.1, -0.05) is 35.9 Å². The Bertz CT molecular complexity index is 665. The second-order valence-electron chi connectivity index (χ2n) is 3.67. The molecule has 0 aliphatic rings. The van der Waals surface area contributed by atoms with E-state index in [0.717, 1.165) is 34.0 Å². The van der Waals surface area contributed by atoms with Gasteiger partial charge in [0, 0.05) is 17.5 Å². The van der Waals surface area contributed by atoms with Crippen molar-refractivity contribution in [3.63, 3.8) is 0 Å². The Kier molecular flexibility index (Phi) is 2.74. The fourth-order valence-corrected chi connectivity index (χ4v) is 2.40. The van der Waals surface area contributed by atoms with Crippen LogP contribution in [-0.4, -0.2) is 13.7 Å². The summed E-state index contributed by atoms with van der Waals surface area (Å²) in [5, 5.41) is 1.61. The molecule has 0 atom stereocenters. The molecule has 0 saturated heterocycles. The molecule has 3 rings (SSSR count). The third kappa shape index (κ3) is 2.14. The Balaban J connectivity index is 1.99. The molecule has 2 aromatic heterocycles. The SMILES string of the molecule is Clc1nsnc1Cc1ccc2ccccc2n1. The molecule has 0 bridgehead atoms. The van der Waals surface area contributed by atoms with Crippen LogP contribution in [0.4, 0.5) is 0 Å². The molecule has 0 amide bonds. The number of nitrogens with zero attached hydrogens (tertiary/aromatic N) is 3. The van der Waals surface area contributed by atoms with Crippen LogP contribution in [-0.2, 0) is 6.42 Å². The molecule has 0 N–H and O–H groups in total. The van der Waals surface area contributed by atoms with Crippen LogP contribution in [0, 0.1) is 0 Å². The summed E-state index contributed by atoms with van der Waals surface area (Å²) in [4.78, 5) is 4.57. The maximum atomic E-state index is 5.92. The van der Waals surface area contributed by atoms with Crippen LogP contribution in [0.5, 0.6) is 0 Å². The molecular weight excluding hydrogens is 254 g/mol. The lowest BCUT2D eigenvalue weighted by Gasteiger charge is -2.01. The van der Waals surface area contributed by atoms with E-state index in [0.29, 0.717) is 11.6 Å². The maximum absolute atomic E-state index is 5.92. The van der Waals surface area contributed by atoms with Gasteiger partial charge in [-0.3, -0.25) is 4.98 Å². The van der Waals surface area contributed by atoms with E-state index in [1.54, 1.807) is 0 Å². The number of fused-ring (bicyclic) bond motifs is 1. The number of halogens is 1. The third-order valence-electron chi connectivity index (χ3n) is 2.51. The van der Waals surface area contributed by atoms with E-state index in [9.17, 15) is 0 Å². The minimum Gasteiger partial charge on any atom is -0.252 e. The first-order valence-electron chi connectivity index (χ1n) is 5.14. The van der Waals surface area contributed by atoms with E-state index in [1.165, 1.54) is 0 Å². The van der Waals surface area contributed by atoms with Crippen LogP contribution in [0.2, 0.25) is 5.15 Å². The fraction of sp³-hybridized carbons (Fsp3) is 0.0833. The number of benzene rings is 1. The monoisotopic (exact) mass is 261 g/mol. The number of para-hydroxylation sites is 1. The molecule has 5 heteroatoms. The van der Waals surface area contributed by atoms with Gasteiger partial charge in [0.1, 0.15) is 0 Å². The Morgan fingerprint density at radius 1 is 1.06 bits per heavy atom. The number of rotatable bonds is 2. The minimum atomic E-state index is 0.477. The van der Waals surface area contributed by atoms with Gasteiger partial charge in [0.15, 0.2) is 5.15 Å². The van der Waals surface area contributed by atoms with Crippen molar-refractivity contribution in [1.29, 1.82) is 0 Å². The van der Waals surface area contributed by atoms with E-state index in [2.05, 4.69) is 19.8 Å². The van der Waals surface area contributed by atoms with Gasteiger partial charge in [-0.2, -0.15) is 8.75 Å². The second kappa shape index (κ2) is 4.39. The van der Waals surface area contributed by atoms with Gasteiger partial charge < -0.3 is 0 Å². The summed E-state index contributed by atoms with van der Waals surface area (Å²) in [6.07, 6.45) is 0.625. The molecule has 0 radical (unpaired) electrons. The molecule has 3 aromatic rings. The standard InChI is InChI=1S/C12H8ClN3S/c13-12-11(15-17-16-12)7-9-6-5-8-3-1-2-4-10(8)14-9/h1-6H,7H2. The number of aromatic nitrogens is 3. The Morgan fingerprint density at radius 2 is 1.94 bits per heavy atom. The first-order valence-corrected chi connectivity index (χ1v) is 6.25. The normalized spacial score (nSPS) is 10.9. The highest BCUT2D eigenvalue weighted by atomic mass is 35.5. The van der Waals surface area contributed by atoms with Crippen LogP contribution in [0.15, 0.2) is 36.4 Å². The average molecular weight is 262 g/mol. The van der Waals surface area contributed by atoms with Gasteiger partial charge >= 0.3 is 0 Å². The molecule has 17 heavy (non-hydrogen) atoms. The summed E-state index contributed by atoms with van der Waals surface area (Å²) in [7, 11) is 0. The summed E-state index contributed by atoms with van der Waals surface area (Å²) in [6, 6.07) is 12.1. The zero-order valence-electron chi connectivity index (χ0n) is 8.80. The van der Waals surface area contributed by atoms with Crippen molar-refractivity contribution in [2.45, 2.75) is 6.42 Å². The highest BCUT2D eigenvalue weighted by molar-refractivity contribution is 6.99. The zero-order chi connectivity index (χ0) is 11.7. The van der Waals surface area contributed by atoms with Crippen molar-refractivity contribution in [2.24, 2.45) is 0 Å². The molecule has 1 aromatic carbocycles. The van der Waals surface area contributed by atoms with Crippen LogP contribution < -0.4 is 0 Å². The molecule has 0 saturated carbocycles. The first kappa shape index (κ1) is 10.6. The van der Waals surface area contributed by atoms with E-state index in [4.69, 9.17) is 11.6 Å². The van der Waals surface area contributed by atoms with Crippen molar-refractivity contribution in [3.05, 3.63) is 52.9 Å². The summed E-state index contributed by atoms with van der Waals surface area (Å²) >= 11 is 7.05. The van der Waals surface area contributed by atoms with Gasteiger partial charge in [0.2, 0.25) is 0 Å². The highest BCUT2D eigenvalue weighted by Crippen LogP contribution is 2.18. The maximum Gasteiger partial charge on any atom is 0.166 e. The van der Waals surface area contributed by atoms with Gasteiger partial charge in [0.05, 0.1) is 22.9 Å². The highest BCUT2D eigenvalue weighted by Gasteiger charge is 2.07. The minimum absolute atomic E-state index is 0.477. The van der Waals surface area contributed by atoms with E-state index >= 15 is 0 Å². The number of hydrogen-bond donors (Lipinski definition) is 0. The second-order valence-corrected chi connectivity index (χ2v) is 4.56. The van der Waals surface area contributed by atoms with E-state index < -0.39 is 0 Å². The number of pyridine rings is 1. The van der Waals surface area contributed by atoms with Gasteiger partial charge in [-0.25, -0.2) is 0 Å². The Morgan fingerprint density at radius 3 is 2.76 bits per heavy atom. The van der Waals surface area contributed by atoms with Crippen LogP contribution in [0.3, 0.4) is 0 Å². The predicted molar refractivity (Wildman–Crippen MR) is 69.5 cm³/mol. The number of hydrogen-bond acceptors (Lipinski definition) is 4. The van der Waals surface area contributed by atoms with Crippen LogP contribution in [0.1, 0.15) is 11.4 Å². The van der Waals surface area contributed by atoms with E-state index in [1.807, 2.05) is 30.3 Å². The summed E-state index contributed by atoms with van der Waals surface area (Å²) in [6.45, 7) is 0. The molecule has 0 spiro atoms. The first-order chi connectivity index (χ1) is 8.33. The molecule has 0 aliphatic heterocycles. The average Bonchev–Trinajstić information content (AvgIpc) is 2.75. The summed E-state index contributed by atoms with van der Waals surface area (Å²) in [5.41, 5.74) is 2.74. The lowest BCUT2D eigenvalue weighted by atomic mass is 10.1. The predicted octanol–water partition coefficient (Wildman–Crippen LogP) is 3.33. The summed E-state index contributed by atoms with van der Waals surface area (Å²) in [5.74, 6) is 0. The van der Waals surface area contributed by atoms with Crippen molar-refractivity contribution < 1.29 is 0 Å². The molecule has 3 nitrogen and oxygen atoms in total. The lowest BCUT2D eigenvalue weighted by Crippen LogP contribution is -1.93. The molecule has 0 fully saturated rings. The fourth-order valence-electron chi connectivity index (χ4n) is 1.68. The Labute approximate surface area is 107 Å². The van der Waals surface area contributed by atoms with Crippen molar-refractivity contribution in [3.8, 4) is 0 Å². The van der Waals surface area contributed by atoms with Gasteiger partial charge in [0.25, 0.3) is 0 Å². The van der Waals surface area contributed by atoms with Crippen LogP contribution >= 0.6 is 23.3 Å². The van der Waals surface area contributed by atoms with Crippen LogP contribution in [0.25, 0.3) is 10.9 Å². The molecule has 0 unspecified atom stereocenters. The van der Waals surface area contributed by atoms with Crippen molar-refractivity contribution >= 4 is 34.2 Å². The lowest BCUT2D eigenvalue weighted by molar-refractivity contribution is 1.06. The molecule has 84 valence electrons. The Hall–Kier alpha value is -1.52. The van der Waals surface area contributed by atoms with Gasteiger partial charge in [-0.15, -0.1) is 0 Å². The molecule has 2 heterocycles. The molecular formula is C12H8ClN3S.